The molecule has 0 bridgehead atoms. The van der Waals surface area contributed by atoms with E-state index in [0.29, 0.717) is 6.04 Å². The van der Waals surface area contributed by atoms with Gasteiger partial charge in [0.15, 0.2) is 0 Å². The van der Waals surface area contributed by atoms with E-state index in [9.17, 15) is 5.11 Å². The third-order valence-electron chi connectivity index (χ3n) is 3.45. The van der Waals surface area contributed by atoms with Crippen LogP contribution in [0.25, 0.3) is 0 Å². The molecule has 2 rings (SSSR count). The largest absolute Gasteiger partial charge is 0.393 e. The fourth-order valence-corrected chi connectivity index (χ4v) is 2.40. The van der Waals surface area contributed by atoms with Crippen molar-refractivity contribution < 1.29 is 5.11 Å². The molecule has 0 aromatic heterocycles. The molecule has 1 heterocycles. The number of allylic oxidation sites excluding steroid dienone is 3. The summed E-state index contributed by atoms with van der Waals surface area (Å²) in [5, 5.41) is 13.2. The Morgan fingerprint density at radius 1 is 1.43 bits per heavy atom. The Morgan fingerprint density at radius 2 is 2.29 bits per heavy atom. The van der Waals surface area contributed by atoms with Crippen LogP contribution in [-0.4, -0.2) is 23.8 Å². The summed E-state index contributed by atoms with van der Waals surface area (Å²) in [6.07, 6.45) is 11.4. The van der Waals surface area contributed by atoms with Crippen molar-refractivity contribution in [2.45, 2.75) is 38.3 Å². The van der Waals surface area contributed by atoms with Crippen molar-refractivity contribution in [2.24, 2.45) is 5.41 Å². The minimum absolute atomic E-state index is 0.114. The Bertz CT molecular complexity index is 259. The van der Waals surface area contributed by atoms with Crippen molar-refractivity contribution >= 4 is 0 Å². The van der Waals surface area contributed by atoms with Gasteiger partial charge in [-0.15, -0.1) is 0 Å². The first-order chi connectivity index (χ1) is 6.71. The molecule has 0 amide bonds. The maximum atomic E-state index is 9.64. The molecule has 2 unspecified atom stereocenters. The van der Waals surface area contributed by atoms with Crippen molar-refractivity contribution in [3.8, 4) is 0 Å². The number of piperidine rings is 1. The van der Waals surface area contributed by atoms with Crippen molar-refractivity contribution in [3.63, 3.8) is 0 Å². The third kappa shape index (κ3) is 1.91. The van der Waals surface area contributed by atoms with Gasteiger partial charge in [0.25, 0.3) is 0 Å². The summed E-state index contributed by atoms with van der Waals surface area (Å²) in [4.78, 5) is 0. The molecule has 1 saturated heterocycles. The topological polar surface area (TPSA) is 32.3 Å². The molecule has 78 valence electrons. The monoisotopic (exact) mass is 193 g/mol. The molecular formula is C12H19NO. The number of rotatable bonds is 1. The first-order valence-electron chi connectivity index (χ1n) is 5.46. The van der Waals surface area contributed by atoms with Crippen LogP contribution in [-0.2, 0) is 0 Å². The van der Waals surface area contributed by atoms with E-state index in [1.165, 1.54) is 0 Å². The molecule has 3 atom stereocenters. The van der Waals surface area contributed by atoms with Crippen LogP contribution in [0.2, 0.25) is 0 Å². The lowest BCUT2D eigenvalue weighted by molar-refractivity contribution is 0.0869. The van der Waals surface area contributed by atoms with Gasteiger partial charge in [0.2, 0.25) is 0 Å². The molecule has 0 saturated carbocycles. The molecule has 0 aromatic carbocycles. The average molecular weight is 193 g/mol. The first kappa shape index (κ1) is 9.94. The Labute approximate surface area is 85.7 Å². The fraction of sp³-hybridized carbons (Fsp3) is 0.667. The molecule has 2 N–H and O–H groups in total. The van der Waals surface area contributed by atoms with Crippen LogP contribution < -0.4 is 5.32 Å². The van der Waals surface area contributed by atoms with E-state index < -0.39 is 0 Å². The van der Waals surface area contributed by atoms with Gasteiger partial charge >= 0.3 is 0 Å². The lowest BCUT2D eigenvalue weighted by Gasteiger charge is -2.40. The quantitative estimate of drug-likeness (QED) is 0.663. The normalized spacial score (nSPS) is 42.7. The van der Waals surface area contributed by atoms with Gasteiger partial charge in [-0.1, -0.05) is 31.2 Å². The molecule has 2 nitrogen and oxygen atoms in total. The lowest BCUT2D eigenvalue weighted by atomic mass is 9.73. The van der Waals surface area contributed by atoms with E-state index in [0.717, 1.165) is 25.8 Å². The van der Waals surface area contributed by atoms with Crippen molar-refractivity contribution in [1.29, 1.82) is 0 Å². The number of aliphatic hydroxyl groups is 1. The number of aliphatic hydroxyl groups excluding tert-OH is 1. The Kier molecular flexibility index (Phi) is 2.75. The van der Waals surface area contributed by atoms with Crippen molar-refractivity contribution in [3.05, 3.63) is 24.3 Å². The minimum Gasteiger partial charge on any atom is -0.393 e. The van der Waals surface area contributed by atoms with Gasteiger partial charge in [0, 0.05) is 11.5 Å². The summed E-state index contributed by atoms with van der Waals surface area (Å²) >= 11 is 0. The van der Waals surface area contributed by atoms with E-state index >= 15 is 0 Å². The maximum Gasteiger partial charge on any atom is 0.0567 e. The third-order valence-corrected chi connectivity index (χ3v) is 3.45. The summed E-state index contributed by atoms with van der Waals surface area (Å²) in [7, 11) is 0. The highest BCUT2D eigenvalue weighted by atomic mass is 16.3. The van der Waals surface area contributed by atoms with Crippen LogP contribution in [0.1, 0.15) is 26.2 Å². The molecule has 2 heteroatoms. The highest BCUT2D eigenvalue weighted by Gasteiger charge is 2.34. The molecule has 14 heavy (non-hydrogen) atoms. The predicted molar refractivity (Wildman–Crippen MR) is 58.0 cm³/mol. The van der Waals surface area contributed by atoms with E-state index in [2.05, 4.69) is 36.5 Å². The Morgan fingerprint density at radius 3 is 2.93 bits per heavy atom. The van der Waals surface area contributed by atoms with Crippen molar-refractivity contribution in [1.82, 2.24) is 5.32 Å². The molecule has 2 aliphatic rings. The van der Waals surface area contributed by atoms with Crippen LogP contribution in [0.5, 0.6) is 0 Å². The predicted octanol–water partition coefficient (Wildman–Crippen LogP) is 1.62. The van der Waals surface area contributed by atoms with Crippen LogP contribution in [0, 0.1) is 5.41 Å². The first-order valence-corrected chi connectivity index (χ1v) is 5.46. The molecule has 0 aromatic rings. The molecule has 1 aliphatic heterocycles. The van der Waals surface area contributed by atoms with Gasteiger partial charge < -0.3 is 10.4 Å². The van der Waals surface area contributed by atoms with E-state index in [1.54, 1.807) is 0 Å². The molecule has 0 spiro atoms. The van der Waals surface area contributed by atoms with Gasteiger partial charge in [0.1, 0.15) is 0 Å². The van der Waals surface area contributed by atoms with Gasteiger partial charge in [0.05, 0.1) is 6.10 Å². The summed E-state index contributed by atoms with van der Waals surface area (Å²) in [6.45, 7) is 3.21. The van der Waals surface area contributed by atoms with Crippen LogP contribution in [0.3, 0.4) is 0 Å². The second-order valence-electron chi connectivity index (χ2n) is 4.68. The maximum absolute atomic E-state index is 9.64. The number of hydrogen-bond donors (Lipinski definition) is 2. The lowest BCUT2D eigenvalue weighted by Crippen LogP contribution is -2.49. The number of nitrogens with one attached hydrogen (secondary N) is 1. The van der Waals surface area contributed by atoms with E-state index in [4.69, 9.17) is 0 Å². The smallest absolute Gasteiger partial charge is 0.0567 e. The van der Waals surface area contributed by atoms with Crippen LogP contribution in [0.15, 0.2) is 24.3 Å². The van der Waals surface area contributed by atoms with Crippen LogP contribution in [0.4, 0.5) is 0 Å². The van der Waals surface area contributed by atoms with E-state index in [-0.39, 0.29) is 11.5 Å². The van der Waals surface area contributed by atoms with E-state index in [1.807, 2.05) is 0 Å². The molecule has 1 fully saturated rings. The second kappa shape index (κ2) is 3.87. The van der Waals surface area contributed by atoms with Crippen molar-refractivity contribution in [2.75, 3.05) is 6.54 Å². The Balaban J connectivity index is 2.05. The highest BCUT2D eigenvalue weighted by molar-refractivity contribution is 5.18. The highest BCUT2D eigenvalue weighted by Crippen LogP contribution is 2.34. The zero-order valence-electron chi connectivity index (χ0n) is 8.74. The number of hydrogen-bond acceptors (Lipinski definition) is 2. The SMILES string of the molecule is CC1([C@@H]2CC(O)CCN2)C=CC=CC1. The summed E-state index contributed by atoms with van der Waals surface area (Å²) in [5.41, 5.74) is 0.191. The molecule has 0 radical (unpaired) electrons. The standard InChI is InChI=1S/C12H19NO/c1-12(6-3-2-4-7-12)11-9-10(14)5-8-13-11/h2-4,6,10-11,13-14H,5,7-9H2,1H3/t10?,11-,12?/m0/s1. The Hall–Kier alpha value is -0.600. The summed E-state index contributed by atoms with van der Waals surface area (Å²) in [6, 6.07) is 0.424. The van der Waals surface area contributed by atoms with Gasteiger partial charge in [-0.25, -0.2) is 0 Å². The van der Waals surface area contributed by atoms with Crippen LogP contribution >= 0.6 is 0 Å². The summed E-state index contributed by atoms with van der Waals surface area (Å²) < 4.78 is 0. The van der Waals surface area contributed by atoms with Gasteiger partial charge in [-0.05, 0) is 25.8 Å². The fourth-order valence-electron chi connectivity index (χ4n) is 2.40. The summed E-state index contributed by atoms with van der Waals surface area (Å²) in [5.74, 6) is 0. The minimum atomic E-state index is -0.114. The van der Waals surface area contributed by atoms with Gasteiger partial charge in [-0.3, -0.25) is 0 Å². The molecule has 1 aliphatic carbocycles. The zero-order chi connectivity index (χ0) is 10.0. The second-order valence-corrected chi connectivity index (χ2v) is 4.68. The zero-order valence-corrected chi connectivity index (χ0v) is 8.74. The molecular weight excluding hydrogens is 174 g/mol. The average Bonchev–Trinajstić information content (AvgIpc) is 2.19. The van der Waals surface area contributed by atoms with Gasteiger partial charge in [-0.2, -0.15) is 0 Å².